The molecular formula is C32H30ClFN4O5. The van der Waals surface area contributed by atoms with Crippen molar-refractivity contribution in [2.45, 2.75) is 51.0 Å². The summed E-state index contributed by atoms with van der Waals surface area (Å²) >= 11 is 6.22. The van der Waals surface area contributed by atoms with Gasteiger partial charge in [-0.15, -0.1) is 0 Å². The Balaban J connectivity index is 1.05. The van der Waals surface area contributed by atoms with Crippen molar-refractivity contribution < 1.29 is 28.2 Å². The van der Waals surface area contributed by atoms with Crippen molar-refractivity contribution in [2.75, 3.05) is 19.7 Å². The number of benzene rings is 2. The van der Waals surface area contributed by atoms with Crippen LogP contribution >= 0.6 is 11.6 Å². The molecule has 1 N–H and O–H groups in total. The molecule has 5 heterocycles. The molecule has 0 amide bonds. The van der Waals surface area contributed by atoms with Gasteiger partial charge in [-0.25, -0.2) is 14.8 Å². The summed E-state index contributed by atoms with van der Waals surface area (Å²) in [6.45, 7) is 3.97. The van der Waals surface area contributed by atoms with Crippen molar-refractivity contribution in [1.82, 2.24) is 19.4 Å². The molecule has 0 unspecified atom stereocenters. The molecule has 2 aliphatic heterocycles. The lowest BCUT2D eigenvalue weighted by Crippen LogP contribution is -2.35. The summed E-state index contributed by atoms with van der Waals surface area (Å²) in [5, 5.41) is 10.4. The second kappa shape index (κ2) is 11.6. The first kappa shape index (κ1) is 27.8. The van der Waals surface area contributed by atoms with Crippen LogP contribution in [0.1, 0.15) is 52.6 Å². The number of nitrogens with zero attached hydrogens (tertiary/aromatic N) is 4. The second-order valence-electron chi connectivity index (χ2n) is 11.1. The van der Waals surface area contributed by atoms with Crippen LogP contribution in [-0.4, -0.2) is 56.3 Å². The number of fused-ring (bicyclic) bond motifs is 2. The summed E-state index contributed by atoms with van der Waals surface area (Å²) < 4.78 is 33.1. The molecule has 43 heavy (non-hydrogen) atoms. The number of carboxylic acid groups (broad SMARTS) is 1. The minimum Gasteiger partial charge on any atom is -0.488 e. The average Bonchev–Trinajstić information content (AvgIpc) is 3.55. The summed E-state index contributed by atoms with van der Waals surface area (Å²) in [4.78, 5) is 23.2. The Bertz CT molecular complexity index is 1810. The van der Waals surface area contributed by atoms with E-state index in [1.54, 1.807) is 18.2 Å². The number of rotatable bonds is 9. The highest BCUT2D eigenvalue weighted by Crippen LogP contribution is 2.36. The van der Waals surface area contributed by atoms with Gasteiger partial charge in [-0.1, -0.05) is 35.9 Å². The Kier molecular flexibility index (Phi) is 7.50. The fourth-order valence-corrected chi connectivity index (χ4v) is 6.25. The van der Waals surface area contributed by atoms with E-state index in [1.165, 1.54) is 12.1 Å². The Hall–Kier alpha value is -3.99. The van der Waals surface area contributed by atoms with Gasteiger partial charge < -0.3 is 23.6 Å². The fourth-order valence-electron chi connectivity index (χ4n) is 6.05. The smallest absolute Gasteiger partial charge is 0.354 e. The maximum absolute atomic E-state index is 13.8. The number of carboxylic acids is 1. The van der Waals surface area contributed by atoms with Crippen molar-refractivity contribution >= 4 is 39.7 Å². The molecule has 9 nitrogen and oxygen atoms in total. The second-order valence-corrected chi connectivity index (χ2v) is 11.5. The van der Waals surface area contributed by atoms with Gasteiger partial charge in [0.1, 0.15) is 29.3 Å². The maximum atomic E-state index is 13.8. The molecule has 5 aromatic rings. The van der Waals surface area contributed by atoms with Crippen LogP contribution < -0.4 is 4.74 Å². The van der Waals surface area contributed by atoms with E-state index in [0.717, 1.165) is 61.7 Å². The minimum atomic E-state index is -1.06. The summed E-state index contributed by atoms with van der Waals surface area (Å²) in [7, 11) is 0. The Morgan fingerprint density at radius 1 is 1.09 bits per heavy atom. The number of piperidine rings is 1. The number of hydrogen-bond acceptors (Lipinski definition) is 7. The number of carbonyl (C=O) groups is 1. The SMILES string of the molecule is O=C(O)c1ccc2nc(CN3CCC(c4ccccc4OCc4ccc(Cl)c5cc(F)oc45)CC3)n(C[C@@H]3CCO3)c2n1. The van der Waals surface area contributed by atoms with Gasteiger partial charge in [-0.2, -0.15) is 4.39 Å². The lowest BCUT2D eigenvalue weighted by Gasteiger charge is -2.33. The zero-order valence-corrected chi connectivity index (χ0v) is 24.1. The monoisotopic (exact) mass is 604 g/mol. The van der Waals surface area contributed by atoms with E-state index in [0.29, 0.717) is 46.2 Å². The zero-order chi connectivity index (χ0) is 29.5. The average molecular weight is 605 g/mol. The van der Waals surface area contributed by atoms with E-state index in [-0.39, 0.29) is 18.4 Å². The van der Waals surface area contributed by atoms with Gasteiger partial charge >= 0.3 is 5.97 Å². The molecule has 0 aliphatic carbocycles. The van der Waals surface area contributed by atoms with Gasteiger partial charge in [0, 0.05) is 23.6 Å². The van der Waals surface area contributed by atoms with E-state index < -0.39 is 12.0 Å². The molecule has 0 radical (unpaired) electrons. The number of pyridine rings is 1. The van der Waals surface area contributed by atoms with E-state index in [9.17, 15) is 14.3 Å². The predicted octanol–water partition coefficient (Wildman–Crippen LogP) is 6.42. The Morgan fingerprint density at radius 3 is 2.67 bits per heavy atom. The van der Waals surface area contributed by atoms with Crippen LogP contribution in [0.15, 0.2) is 59.0 Å². The Morgan fingerprint density at radius 2 is 1.91 bits per heavy atom. The van der Waals surface area contributed by atoms with Gasteiger partial charge in [0.2, 0.25) is 0 Å². The zero-order valence-electron chi connectivity index (χ0n) is 23.3. The van der Waals surface area contributed by atoms with Crippen molar-refractivity contribution in [3.05, 3.63) is 88.3 Å². The highest BCUT2D eigenvalue weighted by Gasteiger charge is 2.27. The van der Waals surface area contributed by atoms with Crippen molar-refractivity contribution in [2.24, 2.45) is 0 Å². The number of hydrogen-bond donors (Lipinski definition) is 1. The van der Waals surface area contributed by atoms with Crippen LogP contribution in [-0.2, 0) is 24.4 Å². The molecule has 11 heteroatoms. The van der Waals surface area contributed by atoms with Crippen LogP contribution in [0.5, 0.6) is 5.75 Å². The van der Waals surface area contributed by atoms with E-state index in [2.05, 4.69) is 16.0 Å². The van der Waals surface area contributed by atoms with Gasteiger partial charge in [0.15, 0.2) is 11.3 Å². The molecule has 3 aromatic heterocycles. The standard InChI is InChI=1S/C32H30ClFN4O5/c33-24-6-5-20(30-23(24)15-28(34)43-30)18-42-27-4-2-1-3-22(27)19-9-12-37(13-10-19)17-29-35-25-7-8-26(32(39)40)36-31(25)38(29)16-21-11-14-41-21/h1-8,15,19,21H,9-14,16-18H2,(H,39,40)/t21-/m0/s1. The molecular weight excluding hydrogens is 575 g/mol. The summed E-state index contributed by atoms with van der Waals surface area (Å²) in [5.41, 5.74) is 3.57. The van der Waals surface area contributed by atoms with Crippen molar-refractivity contribution in [3.63, 3.8) is 0 Å². The summed E-state index contributed by atoms with van der Waals surface area (Å²) in [5.74, 6) is 0.935. The van der Waals surface area contributed by atoms with Crippen LogP contribution in [0.4, 0.5) is 4.39 Å². The molecule has 7 rings (SSSR count). The highest BCUT2D eigenvalue weighted by atomic mass is 35.5. The summed E-state index contributed by atoms with van der Waals surface area (Å²) in [6, 6.07) is 15.5. The van der Waals surface area contributed by atoms with E-state index in [1.807, 2.05) is 22.8 Å². The molecule has 222 valence electrons. The first-order valence-electron chi connectivity index (χ1n) is 14.4. The molecule has 0 bridgehead atoms. The predicted molar refractivity (Wildman–Crippen MR) is 158 cm³/mol. The molecule has 0 spiro atoms. The molecule has 1 atom stereocenters. The highest BCUT2D eigenvalue weighted by molar-refractivity contribution is 6.35. The number of aromatic nitrogens is 3. The number of likely N-dealkylation sites (tertiary alicyclic amines) is 1. The van der Waals surface area contributed by atoms with Crippen LogP contribution in [0.2, 0.25) is 5.02 Å². The summed E-state index contributed by atoms with van der Waals surface area (Å²) in [6.07, 6.45) is 2.95. The minimum absolute atomic E-state index is 0.00762. The quantitative estimate of drug-likeness (QED) is 0.206. The third-order valence-electron chi connectivity index (χ3n) is 8.45. The number of ether oxygens (including phenoxy) is 2. The van der Waals surface area contributed by atoms with Gasteiger partial charge in [-0.3, -0.25) is 4.90 Å². The lowest BCUT2D eigenvalue weighted by molar-refractivity contribution is -0.0593. The van der Waals surface area contributed by atoms with Crippen molar-refractivity contribution in [1.29, 1.82) is 0 Å². The third kappa shape index (κ3) is 5.58. The topological polar surface area (TPSA) is 103 Å². The van der Waals surface area contributed by atoms with Crippen LogP contribution in [0.3, 0.4) is 0 Å². The lowest BCUT2D eigenvalue weighted by atomic mass is 9.89. The molecule has 2 aliphatic rings. The number of furan rings is 1. The van der Waals surface area contributed by atoms with Gasteiger partial charge in [0.05, 0.1) is 24.2 Å². The third-order valence-corrected chi connectivity index (χ3v) is 8.78. The first-order valence-corrected chi connectivity index (χ1v) is 14.8. The van der Waals surface area contributed by atoms with Gasteiger partial charge in [-0.05, 0) is 68.1 Å². The van der Waals surface area contributed by atoms with Crippen LogP contribution in [0.25, 0.3) is 22.1 Å². The maximum Gasteiger partial charge on any atom is 0.354 e. The number of halogens is 2. The van der Waals surface area contributed by atoms with E-state index >= 15 is 0 Å². The first-order chi connectivity index (χ1) is 20.9. The molecule has 2 saturated heterocycles. The molecule has 0 saturated carbocycles. The normalized spacial score (nSPS) is 17.9. The number of para-hydroxylation sites is 1. The largest absolute Gasteiger partial charge is 0.488 e. The van der Waals surface area contributed by atoms with Crippen LogP contribution in [0, 0.1) is 6.01 Å². The molecule has 2 aromatic carbocycles. The van der Waals surface area contributed by atoms with E-state index in [4.69, 9.17) is 30.5 Å². The Labute approximate surface area is 251 Å². The number of imidazole rings is 1. The number of aromatic carboxylic acids is 1. The fraction of sp³-hybridized carbons (Fsp3) is 0.344. The van der Waals surface area contributed by atoms with Gasteiger partial charge in [0.25, 0.3) is 6.01 Å². The van der Waals surface area contributed by atoms with Crippen molar-refractivity contribution in [3.8, 4) is 5.75 Å². The molecule has 2 fully saturated rings.